The summed E-state index contributed by atoms with van der Waals surface area (Å²) < 4.78 is 1.76. The molecule has 2 unspecified atom stereocenters. The Hall–Kier alpha value is -1.56. The van der Waals surface area contributed by atoms with Crippen molar-refractivity contribution in [2.45, 2.75) is 37.5 Å². The fourth-order valence-electron chi connectivity index (χ4n) is 2.66. The van der Waals surface area contributed by atoms with Crippen molar-refractivity contribution in [1.82, 2.24) is 20.2 Å². The van der Waals surface area contributed by atoms with Crippen LogP contribution in [0.25, 0.3) is 5.69 Å². The number of tetrazole rings is 1. The minimum absolute atomic E-state index is 0.479. The number of aromatic nitrogens is 4. The lowest BCUT2D eigenvalue weighted by atomic mass is 10.2. The second-order valence-electron chi connectivity index (χ2n) is 4.98. The molecule has 0 radical (unpaired) electrons. The summed E-state index contributed by atoms with van der Waals surface area (Å²) in [5, 5.41) is 16.2. The number of para-hydroxylation sites is 1. The second-order valence-corrected chi connectivity index (χ2v) is 6.56. The summed E-state index contributed by atoms with van der Waals surface area (Å²) in [5.74, 6) is 1.93. The SMILES string of the molecule is CCSC1CCC(Nc2nnnn2-c2ccccc2)C1. The van der Waals surface area contributed by atoms with Crippen molar-refractivity contribution < 1.29 is 0 Å². The maximum absolute atomic E-state index is 4.11. The molecule has 0 bridgehead atoms. The predicted molar refractivity (Wildman–Crippen MR) is 82.3 cm³/mol. The van der Waals surface area contributed by atoms with E-state index in [0.717, 1.165) is 16.9 Å². The molecular weight excluding hydrogens is 270 g/mol. The molecule has 3 rings (SSSR count). The van der Waals surface area contributed by atoms with Gasteiger partial charge in [-0.1, -0.05) is 30.2 Å². The van der Waals surface area contributed by atoms with Gasteiger partial charge in [0.25, 0.3) is 0 Å². The topological polar surface area (TPSA) is 55.6 Å². The molecule has 1 aromatic carbocycles. The Labute approximate surface area is 123 Å². The van der Waals surface area contributed by atoms with Gasteiger partial charge in [-0.05, 0) is 47.6 Å². The number of anilines is 1. The summed E-state index contributed by atoms with van der Waals surface area (Å²) in [6.45, 7) is 2.22. The van der Waals surface area contributed by atoms with Gasteiger partial charge in [0.05, 0.1) is 5.69 Å². The molecule has 1 saturated carbocycles. The Morgan fingerprint density at radius 3 is 2.95 bits per heavy atom. The Morgan fingerprint density at radius 2 is 2.15 bits per heavy atom. The maximum Gasteiger partial charge on any atom is 0.247 e. The first-order valence-corrected chi connectivity index (χ1v) is 8.13. The minimum Gasteiger partial charge on any atom is -0.350 e. The summed E-state index contributed by atoms with van der Waals surface area (Å²) in [6, 6.07) is 10.5. The summed E-state index contributed by atoms with van der Waals surface area (Å²) in [4.78, 5) is 0. The number of thioether (sulfide) groups is 1. The highest BCUT2D eigenvalue weighted by molar-refractivity contribution is 7.99. The molecule has 6 heteroatoms. The van der Waals surface area contributed by atoms with Gasteiger partial charge < -0.3 is 5.32 Å². The largest absolute Gasteiger partial charge is 0.350 e. The predicted octanol–water partition coefficient (Wildman–Crippen LogP) is 2.75. The van der Waals surface area contributed by atoms with Crippen molar-refractivity contribution in [1.29, 1.82) is 0 Å². The zero-order valence-corrected chi connectivity index (χ0v) is 12.4. The van der Waals surface area contributed by atoms with Crippen LogP contribution in [0.5, 0.6) is 0 Å². The average Bonchev–Trinajstić information content (AvgIpc) is 3.10. The van der Waals surface area contributed by atoms with E-state index in [0.29, 0.717) is 6.04 Å². The van der Waals surface area contributed by atoms with Gasteiger partial charge in [0.2, 0.25) is 5.95 Å². The molecule has 1 aromatic heterocycles. The van der Waals surface area contributed by atoms with Crippen LogP contribution in [0.1, 0.15) is 26.2 Å². The van der Waals surface area contributed by atoms with E-state index in [1.807, 2.05) is 30.3 Å². The average molecular weight is 289 g/mol. The summed E-state index contributed by atoms with van der Waals surface area (Å²) >= 11 is 2.06. The molecule has 2 atom stereocenters. The van der Waals surface area contributed by atoms with E-state index in [-0.39, 0.29) is 0 Å². The molecule has 1 fully saturated rings. The monoisotopic (exact) mass is 289 g/mol. The van der Waals surface area contributed by atoms with Gasteiger partial charge in [0.15, 0.2) is 0 Å². The Balaban J connectivity index is 1.69. The number of hydrogen-bond donors (Lipinski definition) is 1. The van der Waals surface area contributed by atoms with Gasteiger partial charge >= 0.3 is 0 Å². The molecule has 2 aromatic rings. The van der Waals surface area contributed by atoms with Gasteiger partial charge in [-0.25, -0.2) is 0 Å². The Kier molecular flexibility index (Phi) is 4.20. The van der Waals surface area contributed by atoms with Crippen LogP contribution in [-0.4, -0.2) is 37.3 Å². The molecule has 1 aliphatic carbocycles. The van der Waals surface area contributed by atoms with E-state index in [2.05, 4.69) is 39.5 Å². The molecule has 20 heavy (non-hydrogen) atoms. The molecule has 0 saturated heterocycles. The number of nitrogens with zero attached hydrogens (tertiary/aromatic N) is 4. The third-order valence-electron chi connectivity index (χ3n) is 3.59. The van der Waals surface area contributed by atoms with E-state index >= 15 is 0 Å². The van der Waals surface area contributed by atoms with Crippen LogP contribution in [0.2, 0.25) is 0 Å². The first-order valence-electron chi connectivity index (χ1n) is 7.08. The lowest BCUT2D eigenvalue weighted by Gasteiger charge is -2.13. The van der Waals surface area contributed by atoms with E-state index in [1.165, 1.54) is 25.0 Å². The van der Waals surface area contributed by atoms with Crippen LogP contribution in [-0.2, 0) is 0 Å². The molecule has 0 spiro atoms. The zero-order valence-electron chi connectivity index (χ0n) is 11.6. The first kappa shape index (κ1) is 13.4. The van der Waals surface area contributed by atoms with Crippen molar-refractivity contribution in [3.63, 3.8) is 0 Å². The molecule has 1 N–H and O–H groups in total. The number of rotatable bonds is 5. The molecule has 0 amide bonds. The van der Waals surface area contributed by atoms with E-state index in [4.69, 9.17) is 0 Å². The molecule has 1 heterocycles. The molecule has 5 nitrogen and oxygen atoms in total. The summed E-state index contributed by atoms with van der Waals surface area (Å²) in [5.41, 5.74) is 0.984. The summed E-state index contributed by atoms with van der Waals surface area (Å²) in [6.07, 6.45) is 3.67. The van der Waals surface area contributed by atoms with Crippen LogP contribution < -0.4 is 5.32 Å². The third-order valence-corrected chi connectivity index (χ3v) is 4.82. The zero-order chi connectivity index (χ0) is 13.8. The molecule has 1 aliphatic rings. The standard InChI is InChI=1S/C14H19N5S/c1-2-20-13-9-8-11(10-13)15-14-16-17-18-19(14)12-6-4-3-5-7-12/h3-7,11,13H,2,8-10H2,1H3,(H,15,16,18). The van der Waals surface area contributed by atoms with Crippen LogP contribution in [0.15, 0.2) is 30.3 Å². The highest BCUT2D eigenvalue weighted by Gasteiger charge is 2.25. The van der Waals surface area contributed by atoms with Gasteiger partial charge in [0.1, 0.15) is 0 Å². The number of hydrogen-bond acceptors (Lipinski definition) is 5. The van der Waals surface area contributed by atoms with Crippen LogP contribution in [0, 0.1) is 0 Å². The Bertz CT molecular complexity index is 542. The fraction of sp³-hybridized carbons (Fsp3) is 0.500. The number of benzene rings is 1. The van der Waals surface area contributed by atoms with Gasteiger partial charge in [-0.3, -0.25) is 0 Å². The molecule has 106 valence electrons. The van der Waals surface area contributed by atoms with Crippen LogP contribution in [0.3, 0.4) is 0 Å². The first-order chi connectivity index (χ1) is 9.86. The van der Waals surface area contributed by atoms with Crippen molar-refractivity contribution in [3.05, 3.63) is 30.3 Å². The minimum atomic E-state index is 0.479. The van der Waals surface area contributed by atoms with Gasteiger partial charge in [-0.15, -0.1) is 0 Å². The second kappa shape index (κ2) is 6.26. The van der Waals surface area contributed by atoms with E-state index in [9.17, 15) is 0 Å². The smallest absolute Gasteiger partial charge is 0.247 e. The lowest BCUT2D eigenvalue weighted by Crippen LogP contribution is -2.19. The van der Waals surface area contributed by atoms with Crippen LogP contribution in [0.4, 0.5) is 5.95 Å². The van der Waals surface area contributed by atoms with Crippen molar-refractivity contribution >= 4 is 17.7 Å². The highest BCUT2D eigenvalue weighted by Crippen LogP contribution is 2.31. The van der Waals surface area contributed by atoms with Crippen molar-refractivity contribution in [2.24, 2.45) is 0 Å². The maximum atomic E-state index is 4.11. The number of nitrogens with one attached hydrogen (secondary N) is 1. The summed E-state index contributed by atoms with van der Waals surface area (Å²) in [7, 11) is 0. The highest BCUT2D eigenvalue weighted by atomic mass is 32.2. The fourth-order valence-corrected chi connectivity index (χ4v) is 3.80. The Morgan fingerprint density at radius 1 is 1.30 bits per heavy atom. The van der Waals surface area contributed by atoms with Crippen molar-refractivity contribution in [3.8, 4) is 5.69 Å². The lowest BCUT2D eigenvalue weighted by molar-refractivity contribution is 0.731. The van der Waals surface area contributed by atoms with Crippen LogP contribution >= 0.6 is 11.8 Å². The molecule has 0 aliphatic heterocycles. The van der Waals surface area contributed by atoms with E-state index < -0.39 is 0 Å². The van der Waals surface area contributed by atoms with E-state index in [1.54, 1.807) is 4.68 Å². The van der Waals surface area contributed by atoms with Gasteiger partial charge in [-0.2, -0.15) is 16.4 Å². The van der Waals surface area contributed by atoms with Gasteiger partial charge in [0, 0.05) is 11.3 Å². The third kappa shape index (κ3) is 2.95. The molecular formula is C14H19N5S. The normalized spacial score (nSPS) is 22.1. The van der Waals surface area contributed by atoms with Crippen molar-refractivity contribution in [2.75, 3.05) is 11.1 Å². The quantitative estimate of drug-likeness (QED) is 0.917.